The number of ketones is 1. The number of esters is 1. The number of ether oxygens (including phenoxy) is 1. The fraction of sp³-hybridized carbons (Fsp3) is 0.765. The zero-order chi connectivity index (χ0) is 14.9. The van der Waals surface area contributed by atoms with Crippen molar-refractivity contribution >= 4 is 11.8 Å². The molecule has 2 rings (SSSR count). The van der Waals surface area contributed by atoms with Gasteiger partial charge in [-0.05, 0) is 55.9 Å². The van der Waals surface area contributed by atoms with Gasteiger partial charge in [0.1, 0.15) is 0 Å². The Balaban J connectivity index is 2.33. The van der Waals surface area contributed by atoms with Crippen LogP contribution in [0, 0.1) is 17.3 Å². The molecule has 112 valence electrons. The molecule has 0 aliphatic heterocycles. The summed E-state index contributed by atoms with van der Waals surface area (Å²) < 4.78 is 5.15. The summed E-state index contributed by atoms with van der Waals surface area (Å²) in [6, 6.07) is 0. The van der Waals surface area contributed by atoms with Crippen LogP contribution >= 0.6 is 0 Å². The van der Waals surface area contributed by atoms with Gasteiger partial charge in [0.2, 0.25) is 0 Å². The maximum absolute atomic E-state index is 12.4. The monoisotopic (exact) mass is 278 g/mol. The molecule has 0 unspecified atom stereocenters. The Hall–Kier alpha value is -1.12. The molecule has 1 fully saturated rings. The van der Waals surface area contributed by atoms with E-state index >= 15 is 0 Å². The summed E-state index contributed by atoms with van der Waals surface area (Å²) in [5, 5.41) is 0. The van der Waals surface area contributed by atoms with Crippen molar-refractivity contribution in [2.24, 2.45) is 17.3 Å². The van der Waals surface area contributed by atoms with E-state index in [1.165, 1.54) is 5.57 Å². The van der Waals surface area contributed by atoms with Crippen LogP contribution in [0.4, 0.5) is 0 Å². The molecule has 3 atom stereocenters. The minimum atomic E-state index is -0.142. The van der Waals surface area contributed by atoms with Gasteiger partial charge in [0, 0.05) is 6.42 Å². The molecule has 0 amide bonds. The van der Waals surface area contributed by atoms with Crippen molar-refractivity contribution in [2.45, 2.75) is 59.8 Å². The Morgan fingerprint density at radius 3 is 2.80 bits per heavy atom. The van der Waals surface area contributed by atoms with Crippen LogP contribution in [0.5, 0.6) is 0 Å². The first kappa shape index (κ1) is 15.3. The summed E-state index contributed by atoms with van der Waals surface area (Å²) in [5.41, 5.74) is 2.13. The smallest absolute Gasteiger partial charge is 0.306 e. The van der Waals surface area contributed by atoms with Crippen LogP contribution in [-0.4, -0.2) is 18.4 Å². The molecule has 3 heteroatoms. The topological polar surface area (TPSA) is 43.4 Å². The molecule has 0 N–H and O–H groups in total. The second-order valence-corrected chi connectivity index (χ2v) is 6.65. The van der Waals surface area contributed by atoms with Gasteiger partial charge in [-0.15, -0.1) is 0 Å². The number of carbonyl (C=O) groups is 2. The predicted octanol–water partition coefficient (Wildman–Crippen LogP) is 3.67. The number of allylic oxidation sites excluding steroid dienone is 2. The number of rotatable bonds is 3. The molecule has 0 radical (unpaired) electrons. The predicted molar refractivity (Wildman–Crippen MR) is 78.2 cm³/mol. The van der Waals surface area contributed by atoms with Crippen LogP contribution in [0.25, 0.3) is 0 Å². The summed E-state index contributed by atoms with van der Waals surface area (Å²) in [6.45, 7) is 8.63. The van der Waals surface area contributed by atoms with Gasteiger partial charge in [0.15, 0.2) is 5.78 Å². The molecular formula is C17H26O3. The minimum Gasteiger partial charge on any atom is -0.466 e. The maximum Gasteiger partial charge on any atom is 0.306 e. The lowest BCUT2D eigenvalue weighted by Crippen LogP contribution is -2.45. The quantitative estimate of drug-likeness (QED) is 0.740. The number of Topliss-reactive ketones (excluding diaryl/α,β-unsaturated/α-hetero) is 1. The van der Waals surface area contributed by atoms with E-state index in [4.69, 9.17) is 4.74 Å². The number of hydrogen-bond acceptors (Lipinski definition) is 3. The van der Waals surface area contributed by atoms with Crippen LogP contribution in [0.3, 0.4) is 0 Å². The maximum atomic E-state index is 12.4. The summed E-state index contributed by atoms with van der Waals surface area (Å²) >= 11 is 0. The van der Waals surface area contributed by atoms with Gasteiger partial charge < -0.3 is 4.74 Å². The van der Waals surface area contributed by atoms with Crippen LogP contribution < -0.4 is 0 Å². The van der Waals surface area contributed by atoms with Crippen LogP contribution in [0.15, 0.2) is 11.1 Å². The van der Waals surface area contributed by atoms with Crippen molar-refractivity contribution in [2.75, 3.05) is 6.61 Å². The SMILES string of the molecule is CCOC(=O)C[C@@]1(C)[C@@H](C)CC(=O)C2=C(C)CCC[C@@H]21. The highest BCUT2D eigenvalue weighted by atomic mass is 16.5. The first-order valence-electron chi connectivity index (χ1n) is 7.78. The van der Waals surface area contributed by atoms with E-state index in [2.05, 4.69) is 20.8 Å². The summed E-state index contributed by atoms with van der Waals surface area (Å²) in [5.74, 6) is 0.649. The Labute approximate surface area is 121 Å². The van der Waals surface area contributed by atoms with Crippen LogP contribution in [-0.2, 0) is 14.3 Å². The van der Waals surface area contributed by atoms with Crippen molar-refractivity contribution in [3.8, 4) is 0 Å². The fourth-order valence-corrected chi connectivity index (χ4v) is 4.02. The zero-order valence-corrected chi connectivity index (χ0v) is 13.1. The number of carbonyl (C=O) groups excluding carboxylic acids is 2. The Morgan fingerprint density at radius 1 is 1.45 bits per heavy atom. The first-order valence-corrected chi connectivity index (χ1v) is 7.78. The van der Waals surface area contributed by atoms with Gasteiger partial charge in [0.05, 0.1) is 13.0 Å². The van der Waals surface area contributed by atoms with Gasteiger partial charge in [0.25, 0.3) is 0 Å². The van der Waals surface area contributed by atoms with Crippen molar-refractivity contribution in [3.05, 3.63) is 11.1 Å². The van der Waals surface area contributed by atoms with E-state index in [0.717, 1.165) is 24.8 Å². The van der Waals surface area contributed by atoms with Crippen molar-refractivity contribution < 1.29 is 14.3 Å². The Morgan fingerprint density at radius 2 is 2.15 bits per heavy atom. The van der Waals surface area contributed by atoms with E-state index in [0.29, 0.717) is 25.2 Å². The lowest BCUT2D eigenvalue weighted by Gasteiger charge is -2.48. The number of hydrogen-bond donors (Lipinski definition) is 0. The largest absolute Gasteiger partial charge is 0.466 e. The van der Waals surface area contributed by atoms with Crippen LogP contribution in [0.2, 0.25) is 0 Å². The van der Waals surface area contributed by atoms with E-state index in [1.54, 1.807) is 0 Å². The third kappa shape index (κ3) is 2.55. The zero-order valence-electron chi connectivity index (χ0n) is 13.1. The Kier molecular flexibility index (Phi) is 4.36. The average molecular weight is 278 g/mol. The van der Waals surface area contributed by atoms with E-state index in [9.17, 15) is 9.59 Å². The second kappa shape index (κ2) is 5.71. The number of fused-ring (bicyclic) bond motifs is 1. The average Bonchev–Trinajstić information content (AvgIpc) is 2.36. The molecule has 2 aliphatic carbocycles. The van der Waals surface area contributed by atoms with E-state index < -0.39 is 0 Å². The van der Waals surface area contributed by atoms with Gasteiger partial charge in [-0.25, -0.2) is 0 Å². The normalized spacial score (nSPS) is 33.9. The molecule has 0 heterocycles. The molecule has 20 heavy (non-hydrogen) atoms. The highest BCUT2D eigenvalue weighted by Crippen LogP contribution is 2.53. The van der Waals surface area contributed by atoms with Gasteiger partial charge in [-0.1, -0.05) is 19.4 Å². The molecule has 0 saturated heterocycles. The lowest BCUT2D eigenvalue weighted by molar-refractivity contribution is -0.149. The minimum absolute atomic E-state index is 0.126. The van der Waals surface area contributed by atoms with Crippen molar-refractivity contribution in [3.63, 3.8) is 0 Å². The second-order valence-electron chi connectivity index (χ2n) is 6.65. The molecule has 0 aromatic rings. The molecule has 0 aromatic carbocycles. The summed E-state index contributed by atoms with van der Waals surface area (Å²) in [6.07, 6.45) is 4.17. The molecule has 2 aliphatic rings. The highest BCUT2D eigenvalue weighted by molar-refractivity contribution is 5.98. The van der Waals surface area contributed by atoms with Gasteiger partial charge in [-0.3, -0.25) is 9.59 Å². The molecule has 3 nitrogen and oxygen atoms in total. The van der Waals surface area contributed by atoms with Gasteiger partial charge >= 0.3 is 5.97 Å². The molecule has 0 spiro atoms. The molecule has 0 bridgehead atoms. The van der Waals surface area contributed by atoms with Crippen molar-refractivity contribution in [1.82, 2.24) is 0 Å². The summed E-state index contributed by atoms with van der Waals surface area (Å²) in [7, 11) is 0. The van der Waals surface area contributed by atoms with Gasteiger partial charge in [-0.2, -0.15) is 0 Å². The standard InChI is InChI=1S/C17H26O3/c1-5-20-15(19)10-17(4)12(3)9-14(18)16-11(2)7-6-8-13(16)17/h12-13H,5-10H2,1-4H3/t12-,13-,17-/m0/s1. The lowest BCUT2D eigenvalue weighted by atomic mass is 9.55. The molecular weight excluding hydrogens is 252 g/mol. The highest BCUT2D eigenvalue weighted by Gasteiger charge is 2.49. The van der Waals surface area contributed by atoms with E-state index in [1.807, 2.05) is 6.92 Å². The fourth-order valence-electron chi connectivity index (χ4n) is 4.02. The summed E-state index contributed by atoms with van der Waals surface area (Å²) in [4.78, 5) is 24.4. The first-order chi connectivity index (χ1) is 9.40. The Bertz CT molecular complexity index is 449. The molecule has 0 aromatic heterocycles. The third-order valence-corrected chi connectivity index (χ3v) is 5.40. The van der Waals surface area contributed by atoms with E-state index in [-0.39, 0.29) is 23.2 Å². The van der Waals surface area contributed by atoms with Crippen molar-refractivity contribution in [1.29, 1.82) is 0 Å². The third-order valence-electron chi connectivity index (χ3n) is 5.40. The molecule has 1 saturated carbocycles. The van der Waals surface area contributed by atoms with Crippen LogP contribution in [0.1, 0.15) is 59.8 Å².